The predicted octanol–water partition coefficient (Wildman–Crippen LogP) is 0.859. The van der Waals surface area contributed by atoms with Crippen LogP contribution in [0, 0.1) is 5.92 Å². The normalized spacial score (nSPS) is 17.5. The Morgan fingerprint density at radius 2 is 1.68 bits per heavy atom. The first-order valence-electron chi connectivity index (χ1n) is 10.4. The van der Waals surface area contributed by atoms with Crippen molar-refractivity contribution in [2.24, 2.45) is 5.92 Å². The second-order valence-corrected chi connectivity index (χ2v) is 8.03. The molecule has 0 aromatic heterocycles. The van der Waals surface area contributed by atoms with Crippen LogP contribution >= 0.6 is 0 Å². The molecule has 0 spiro atoms. The zero-order valence-electron chi connectivity index (χ0n) is 18.2. The van der Waals surface area contributed by atoms with Gasteiger partial charge in [0.05, 0.1) is 5.97 Å². The molecule has 1 aliphatic rings. The second kappa shape index (κ2) is 11.0. The first kappa shape index (κ1) is 23.6. The van der Waals surface area contributed by atoms with Gasteiger partial charge in [0.1, 0.15) is 11.5 Å². The Labute approximate surface area is 206 Å². The van der Waals surface area contributed by atoms with Gasteiger partial charge in [-0.25, -0.2) is 0 Å². The van der Waals surface area contributed by atoms with Crippen molar-refractivity contribution >= 4 is 5.97 Å². The van der Waals surface area contributed by atoms with E-state index in [0.29, 0.717) is 5.92 Å². The van der Waals surface area contributed by atoms with E-state index in [4.69, 9.17) is 4.74 Å². The first-order chi connectivity index (χ1) is 14.6. The number of carboxylic acid groups (broad SMARTS) is 1. The predicted molar refractivity (Wildman–Crippen MR) is 116 cm³/mol. The van der Waals surface area contributed by atoms with E-state index in [1.54, 1.807) is 0 Å². The average molecular weight is 423 g/mol. The number of aryl methyl sites for hydroxylation is 1. The Kier molecular flexibility index (Phi) is 8.33. The minimum Gasteiger partial charge on any atom is -0.549 e. The number of hydrogen-bond donors (Lipinski definition) is 0. The quantitative estimate of drug-likeness (QED) is 0.529. The van der Waals surface area contributed by atoms with Gasteiger partial charge in [-0.2, -0.15) is 0 Å². The summed E-state index contributed by atoms with van der Waals surface area (Å²) in [6.07, 6.45) is 1.95. The van der Waals surface area contributed by atoms with Crippen LogP contribution in [0.25, 0.3) is 0 Å². The number of rotatable bonds is 7. The summed E-state index contributed by atoms with van der Waals surface area (Å²) in [5.74, 6) is 1.21. The van der Waals surface area contributed by atoms with Crippen LogP contribution in [-0.4, -0.2) is 31.0 Å². The van der Waals surface area contributed by atoms with Crippen LogP contribution in [-0.2, 0) is 11.2 Å². The summed E-state index contributed by atoms with van der Waals surface area (Å²) < 4.78 is 6.04. The van der Waals surface area contributed by atoms with Gasteiger partial charge < -0.3 is 19.5 Å². The Morgan fingerprint density at radius 1 is 1.00 bits per heavy atom. The minimum atomic E-state index is -1.03. The molecule has 0 saturated carbocycles. The third kappa shape index (κ3) is 5.98. The van der Waals surface area contributed by atoms with E-state index in [0.717, 1.165) is 30.9 Å². The van der Waals surface area contributed by atoms with E-state index in [1.165, 1.54) is 16.7 Å². The molecule has 0 heterocycles. The topological polar surface area (TPSA) is 52.6 Å². The van der Waals surface area contributed by atoms with Gasteiger partial charge in [0.2, 0.25) is 0 Å². The van der Waals surface area contributed by atoms with E-state index >= 15 is 0 Å². The molecule has 5 heteroatoms. The molecule has 0 N–H and O–H groups in total. The monoisotopic (exact) mass is 423 g/mol. The SMILES string of the molecule is CN(CC(=O)[O-])C[C@H]1CCc2cc(Oc3ccccc3)ccc2[C@H]1c1ccccc1.[Na+]. The molecule has 0 fully saturated rings. The van der Waals surface area contributed by atoms with Gasteiger partial charge in [0.25, 0.3) is 0 Å². The van der Waals surface area contributed by atoms with Gasteiger partial charge in [0, 0.05) is 19.0 Å². The summed E-state index contributed by atoms with van der Waals surface area (Å²) in [5.41, 5.74) is 3.87. The third-order valence-corrected chi connectivity index (χ3v) is 5.79. The molecular formula is C26H26NNaO3. The third-order valence-electron chi connectivity index (χ3n) is 5.79. The molecular weight excluding hydrogens is 397 g/mol. The largest absolute Gasteiger partial charge is 1.00 e. The Hall–Kier alpha value is -2.11. The van der Waals surface area contributed by atoms with E-state index in [2.05, 4.69) is 36.4 Å². The number of benzene rings is 3. The molecule has 4 nitrogen and oxygen atoms in total. The molecule has 3 aromatic rings. The van der Waals surface area contributed by atoms with Crippen molar-refractivity contribution in [3.8, 4) is 11.5 Å². The van der Waals surface area contributed by atoms with Crippen LogP contribution in [0.15, 0.2) is 78.9 Å². The number of nitrogens with zero attached hydrogens (tertiary/aromatic N) is 1. The van der Waals surface area contributed by atoms with Crippen molar-refractivity contribution in [1.82, 2.24) is 4.90 Å². The fourth-order valence-electron chi connectivity index (χ4n) is 4.55. The molecule has 0 bridgehead atoms. The fourth-order valence-corrected chi connectivity index (χ4v) is 4.55. The number of ether oxygens (including phenoxy) is 1. The number of para-hydroxylation sites is 1. The molecule has 0 amide bonds. The minimum absolute atomic E-state index is 0. The van der Waals surface area contributed by atoms with Crippen LogP contribution in [0.2, 0.25) is 0 Å². The van der Waals surface area contributed by atoms with Gasteiger partial charge in [-0.3, -0.25) is 0 Å². The first-order valence-corrected chi connectivity index (χ1v) is 10.4. The van der Waals surface area contributed by atoms with Gasteiger partial charge in [-0.15, -0.1) is 0 Å². The summed E-state index contributed by atoms with van der Waals surface area (Å²) in [6, 6.07) is 26.7. The molecule has 154 valence electrons. The van der Waals surface area contributed by atoms with E-state index in [9.17, 15) is 9.90 Å². The Bertz CT molecular complexity index is 994. The van der Waals surface area contributed by atoms with Gasteiger partial charge in [-0.1, -0.05) is 54.6 Å². The number of fused-ring (bicyclic) bond motifs is 1. The standard InChI is InChI=1S/C26H27NO3.Na/c1-27(18-25(28)29)17-21-13-12-20-16-23(30-22-10-6-3-7-11-22)14-15-24(20)26(21)19-8-4-2-5-9-19;/h2-11,14-16,21,26H,12-13,17-18H2,1H3,(H,28,29);/q;+1/p-1/t21-,26+;/m1./s1. The summed E-state index contributed by atoms with van der Waals surface area (Å²) in [5, 5.41) is 11.0. The van der Waals surface area contributed by atoms with Crippen molar-refractivity contribution in [1.29, 1.82) is 0 Å². The molecule has 4 rings (SSSR count). The van der Waals surface area contributed by atoms with Crippen molar-refractivity contribution in [2.45, 2.75) is 18.8 Å². The van der Waals surface area contributed by atoms with E-state index in [-0.39, 0.29) is 42.0 Å². The van der Waals surface area contributed by atoms with Crippen molar-refractivity contribution in [3.05, 3.63) is 95.6 Å². The van der Waals surface area contributed by atoms with Crippen molar-refractivity contribution in [3.63, 3.8) is 0 Å². The van der Waals surface area contributed by atoms with Crippen LogP contribution < -0.4 is 39.4 Å². The van der Waals surface area contributed by atoms with Crippen LogP contribution in [0.4, 0.5) is 0 Å². The summed E-state index contributed by atoms with van der Waals surface area (Å²) >= 11 is 0. The smallest absolute Gasteiger partial charge is 0.549 e. The zero-order chi connectivity index (χ0) is 20.9. The van der Waals surface area contributed by atoms with E-state index in [1.807, 2.05) is 54.4 Å². The van der Waals surface area contributed by atoms with Crippen LogP contribution in [0.5, 0.6) is 11.5 Å². The fraction of sp³-hybridized carbons (Fsp3) is 0.269. The summed E-state index contributed by atoms with van der Waals surface area (Å²) in [6.45, 7) is 0.671. The van der Waals surface area contributed by atoms with Gasteiger partial charge in [-0.05, 0) is 66.8 Å². The van der Waals surface area contributed by atoms with Crippen LogP contribution in [0.1, 0.15) is 29.0 Å². The van der Waals surface area contributed by atoms with Gasteiger partial charge >= 0.3 is 29.6 Å². The molecule has 31 heavy (non-hydrogen) atoms. The number of hydrogen-bond acceptors (Lipinski definition) is 4. The average Bonchev–Trinajstić information content (AvgIpc) is 2.74. The maximum Gasteiger partial charge on any atom is 1.00 e. The Morgan fingerprint density at radius 3 is 2.35 bits per heavy atom. The van der Waals surface area contributed by atoms with Crippen LogP contribution in [0.3, 0.4) is 0 Å². The van der Waals surface area contributed by atoms with E-state index < -0.39 is 5.97 Å². The molecule has 0 aliphatic heterocycles. The summed E-state index contributed by atoms with van der Waals surface area (Å²) in [4.78, 5) is 12.9. The molecule has 3 aromatic carbocycles. The maximum absolute atomic E-state index is 11.0. The second-order valence-electron chi connectivity index (χ2n) is 8.03. The molecule has 2 atom stereocenters. The molecule has 1 aliphatic carbocycles. The van der Waals surface area contributed by atoms with Gasteiger partial charge in [0.15, 0.2) is 0 Å². The van der Waals surface area contributed by atoms with Crippen molar-refractivity contribution < 1.29 is 44.2 Å². The number of carboxylic acids is 1. The molecule has 0 unspecified atom stereocenters. The van der Waals surface area contributed by atoms with Crippen molar-refractivity contribution in [2.75, 3.05) is 20.1 Å². The Balaban J connectivity index is 0.00000272. The molecule has 0 saturated heterocycles. The zero-order valence-corrected chi connectivity index (χ0v) is 20.2. The summed E-state index contributed by atoms with van der Waals surface area (Å²) in [7, 11) is 1.85. The number of aliphatic carboxylic acids is 1. The number of carbonyl (C=O) groups excluding carboxylic acids is 1. The maximum atomic E-state index is 11.0. The number of likely N-dealkylation sites (N-methyl/N-ethyl adjacent to an activating group) is 1. The number of carbonyl (C=O) groups is 1. The molecule has 0 radical (unpaired) electrons.